The molecule has 0 aromatic carbocycles. The molecule has 1 spiro atoms. The average molecular weight is 270 g/mol. The fourth-order valence-electron chi connectivity index (χ4n) is 3.64. The Kier molecular flexibility index (Phi) is 4.59. The molecule has 0 radical (unpaired) electrons. The first-order valence-electron chi connectivity index (χ1n) is 7.86. The highest BCUT2D eigenvalue weighted by atomic mass is 16.7. The molecule has 0 bridgehead atoms. The second-order valence-electron chi connectivity index (χ2n) is 7.14. The first-order chi connectivity index (χ1) is 8.97. The van der Waals surface area contributed by atoms with Gasteiger partial charge in [0, 0.05) is 17.8 Å². The summed E-state index contributed by atoms with van der Waals surface area (Å²) >= 11 is 0. The first kappa shape index (κ1) is 15.3. The molecule has 1 saturated carbocycles. The van der Waals surface area contributed by atoms with Crippen molar-refractivity contribution < 1.29 is 14.6 Å². The van der Waals surface area contributed by atoms with Crippen molar-refractivity contribution in [3.8, 4) is 0 Å². The van der Waals surface area contributed by atoms with Crippen LogP contribution in [0.5, 0.6) is 0 Å². The van der Waals surface area contributed by atoms with Crippen molar-refractivity contribution in [2.45, 2.75) is 59.2 Å². The molecule has 19 heavy (non-hydrogen) atoms. The Bertz CT molecular complexity index is 286. The van der Waals surface area contributed by atoms with Crippen LogP contribution in [0.15, 0.2) is 0 Å². The molecule has 2 rings (SSSR count). The van der Waals surface area contributed by atoms with Crippen molar-refractivity contribution >= 4 is 0 Å². The molecular formula is C16H30O3. The predicted molar refractivity (Wildman–Crippen MR) is 75.8 cm³/mol. The molecule has 1 aliphatic heterocycles. The maximum Gasteiger partial charge on any atom is 0.171 e. The standard InChI is InChI=1S/C16H30O3/c1-5-15(9-17)10-18-16(19-11-15)8-13(4)6-7-14(16)12(2)3/h12-14,17H,5-11H2,1-4H3. The molecule has 0 amide bonds. The van der Waals surface area contributed by atoms with E-state index in [9.17, 15) is 5.11 Å². The number of rotatable bonds is 3. The molecule has 0 aromatic rings. The van der Waals surface area contributed by atoms with E-state index in [0.717, 1.165) is 12.8 Å². The van der Waals surface area contributed by atoms with Gasteiger partial charge in [-0.25, -0.2) is 0 Å². The molecule has 1 heterocycles. The van der Waals surface area contributed by atoms with E-state index in [2.05, 4.69) is 27.7 Å². The third-order valence-electron chi connectivity index (χ3n) is 5.30. The lowest BCUT2D eigenvalue weighted by atomic mass is 9.72. The summed E-state index contributed by atoms with van der Waals surface area (Å²) in [6.07, 6.45) is 4.37. The van der Waals surface area contributed by atoms with E-state index >= 15 is 0 Å². The topological polar surface area (TPSA) is 38.7 Å². The summed E-state index contributed by atoms with van der Waals surface area (Å²) in [6, 6.07) is 0. The Labute approximate surface area is 117 Å². The number of hydrogen-bond donors (Lipinski definition) is 1. The maximum atomic E-state index is 9.60. The number of hydrogen-bond acceptors (Lipinski definition) is 3. The normalized spacial score (nSPS) is 43.9. The fraction of sp³-hybridized carbons (Fsp3) is 1.00. The van der Waals surface area contributed by atoms with Crippen LogP contribution in [0.3, 0.4) is 0 Å². The second kappa shape index (κ2) is 5.71. The van der Waals surface area contributed by atoms with Gasteiger partial charge in [0.2, 0.25) is 0 Å². The summed E-state index contributed by atoms with van der Waals surface area (Å²) in [7, 11) is 0. The monoisotopic (exact) mass is 270 g/mol. The van der Waals surface area contributed by atoms with Crippen LogP contribution >= 0.6 is 0 Å². The van der Waals surface area contributed by atoms with Crippen LogP contribution in [-0.2, 0) is 9.47 Å². The van der Waals surface area contributed by atoms with Crippen molar-refractivity contribution in [1.29, 1.82) is 0 Å². The summed E-state index contributed by atoms with van der Waals surface area (Å²) in [6.45, 7) is 10.3. The third kappa shape index (κ3) is 2.84. The summed E-state index contributed by atoms with van der Waals surface area (Å²) in [5.41, 5.74) is -0.187. The highest BCUT2D eigenvalue weighted by Crippen LogP contribution is 2.48. The molecule has 0 aromatic heterocycles. The number of ether oxygens (including phenoxy) is 2. The second-order valence-corrected chi connectivity index (χ2v) is 7.14. The van der Waals surface area contributed by atoms with E-state index in [1.54, 1.807) is 0 Å². The quantitative estimate of drug-likeness (QED) is 0.856. The minimum atomic E-state index is -0.389. The van der Waals surface area contributed by atoms with Gasteiger partial charge in [-0.15, -0.1) is 0 Å². The van der Waals surface area contributed by atoms with E-state index in [4.69, 9.17) is 9.47 Å². The molecule has 112 valence electrons. The summed E-state index contributed by atoms with van der Waals surface area (Å²) in [4.78, 5) is 0. The van der Waals surface area contributed by atoms with Crippen LogP contribution in [0.4, 0.5) is 0 Å². The van der Waals surface area contributed by atoms with Crippen molar-refractivity contribution in [3.05, 3.63) is 0 Å². The SMILES string of the molecule is CCC1(CO)COC2(CC(C)CCC2C(C)C)OC1. The van der Waals surface area contributed by atoms with Gasteiger partial charge in [-0.05, 0) is 24.7 Å². The molecule has 2 aliphatic rings. The average Bonchev–Trinajstić information content (AvgIpc) is 2.40. The lowest BCUT2D eigenvalue weighted by Gasteiger charge is -2.53. The van der Waals surface area contributed by atoms with Gasteiger partial charge in [0.25, 0.3) is 0 Å². The summed E-state index contributed by atoms with van der Waals surface area (Å²) in [5, 5.41) is 9.60. The summed E-state index contributed by atoms with van der Waals surface area (Å²) < 4.78 is 12.5. The predicted octanol–water partition coefficient (Wildman–Crippen LogP) is 3.21. The molecule has 2 atom stereocenters. The van der Waals surface area contributed by atoms with Crippen LogP contribution in [0.25, 0.3) is 0 Å². The Morgan fingerprint density at radius 1 is 1.21 bits per heavy atom. The minimum absolute atomic E-state index is 0.154. The van der Waals surface area contributed by atoms with Gasteiger partial charge < -0.3 is 14.6 Å². The van der Waals surface area contributed by atoms with E-state index < -0.39 is 0 Å². The zero-order valence-corrected chi connectivity index (χ0v) is 12.9. The maximum absolute atomic E-state index is 9.60. The number of aliphatic hydroxyl groups excluding tert-OH is 1. The first-order valence-corrected chi connectivity index (χ1v) is 7.86. The Morgan fingerprint density at radius 3 is 2.32 bits per heavy atom. The molecule has 1 N–H and O–H groups in total. The van der Waals surface area contributed by atoms with Gasteiger partial charge in [-0.1, -0.05) is 34.1 Å². The zero-order chi connectivity index (χ0) is 14.1. The van der Waals surface area contributed by atoms with Crippen molar-refractivity contribution in [1.82, 2.24) is 0 Å². The Hall–Kier alpha value is -0.120. The van der Waals surface area contributed by atoms with E-state index in [0.29, 0.717) is 31.0 Å². The molecule has 3 nitrogen and oxygen atoms in total. The van der Waals surface area contributed by atoms with Gasteiger partial charge in [0.15, 0.2) is 5.79 Å². The van der Waals surface area contributed by atoms with Crippen molar-refractivity contribution in [2.24, 2.45) is 23.2 Å². The molecule has 2 unspecified atom stereocenters. The largest absolute Gasteiger partial charge is 0.396 e. The van der Waals surface area contributed by atoms with Crippen LogP contribution in [0, 0.1) is 23.2 Å². The van der Waals surface area contributed by atoms with Gasteiger partial charge in [0.1, 0.15) is 0 Å². The van der Waals surface area contributed by atoms with Crippen LogP contribution in [-0.4, -0.2) is 30.7 Å². The van der Waals surface area contributed by atoms with E-state index in [-0.39, 0.29) is 17.8 Å². The fourth-order valence-corrected chi connectivity index (χ4v) is 3.64. The smallest absolute Gasteiger partial charge is 0.171 e. The van der Waals surface area contributed by atoms with Gasteiger partial charge in [-0.2, -0.15) is 0 Å². The minimum Gasteiger partial charge on any atom is -0.396 e. The van der Waals surface area contributed by atoms with Gasteiger partial charge in [-0.3, -0.25) is 0 Å². The van der Waals surface area contributed by atoms with Crippen LogP contribution < -0.4 is 0 Å². The third-order valence-corrected chi connectivity index (χ3v) is 5.30. The summed E-state index contributed by atoms with van der Waals surface area (Å²) in [5.74, 6) is 1.34. The molecule has 2 fully saturated rings. The Balaban J connectivity index is 2.13. The van der Waals surface area contributed by atoms with Crippen molar-refractivity contribution in [2.75, 3.05) is 19.8 Å². The van der Waals surface area contributed by atoms with Gasteiger partial charge in [0.05, 0.1) is 19.8 Å². The molecule has 1 saturated heterocycles. The van der Waals surface area contributed by atoms with Gasteiger partial charge >= 0.3 is 0 Å². The Morgan fingerprint density at radius 2 is 1.84 bits per heavy atom. The van der Waals surface area contributed by atoms with E-state index in [1.165, 1.54) is 12.8 Å². The zero-order valence-electron chi connectivity index (χ0n) is 12.9. The highest BCUT2D eigenvalue weighted by molar-refractivity contribution is 4.93. The highest BCUT2D eigenvalue weighted by Gasteiger charge is 2.51. The molecule has 3 heteroatoms. The van der Waals surface area contributed by atoms with Crippen LogP contribution in [0.1, 0.15) is 53.4 Å². The lowest BCUT2D eigenvalue weighted by molar-refractivity contribution is -0.349. The van der Waals surface area contributed by atoms with E-state index in [1.807, 2.05) is 0 Å². The molecule has 1 aliphatic carbocycles. The lowest BCUT2D eigenvalue weighted by Crippen LogP contribution is -2.57. The van der Waals surface area contributed by atoms with Crippen LogP contribution in [0.2, 0.25) is 0 Å². The molecular weight excluding hydrogens is 240 g/mol. The number of aliphatic hydroxyl groups is 1. The van der Waals surface area contributed by atoms with Crippen molar-refractivity contribution in [3.63, 3.8) is 0 Å².